The summed E-state index contributed by atoms with van der Waals surface area (Å²) in [6, 6.07) is 5.65. The fraction of sp³-hybridized carbons (Fsp3) is 0.364. The topological polar surface area (TPSA) is 44.5 Å². The maximum absolute atomic E-state index is 5.56. The van der Waals surface area contributed by atoms with E-state index in [1.165, 1.54) is 0 Å². The molecule has 15 heavy (non-hydrogen) atoms. The Bertz CT molecular complexity index is 352. The monoisotopic (exact) mass is 225 g/mol. The van der Waals surface area contributed by atoms with Gasteiger partial charge in [0.25, 0.3) is 0 Å². The number of hydrogen-bond acceptors (Lipinski definition) is 3. The second-order valence-corrected chi connectivity index (χ2v) is 3.62. The van der Waals surface area contributed by atoms with Gasteiger partial charge in [0.15, 0.2) is 0 Å². The van der Waals surface area contributed by atoms with Crippen LogP contribution < -0.4 is 10.5 Å². The largest absolute Gasteiger partial charge is 0.491 e. The molecule has 1 aromatic carbocycles. The highest BCUT2D eigenvalue weighted by Crippen LogP contribution is 2.17. The average molecular weight is 225 g/mol. The number of aryl methyl sites for hydroxylation is 1. The standard InChI is InChI=1S/C11H15NO2S/c1-8-7-9(14-6-5-13-2)3-4-10(8)11(12)15/h3-4,7H,5-6H2,1-2H3,(H2,12,15). The van der Waals surface area contributed by atoms with Crippen LogP contribution in [0, 0.1) is 6.92 Å². The Morgan fingerprint density at radius 3 is 2.67 bits per heavy atom. The number of rotatable bonds is 5. The Morgan fingerprint density at radius 2 is 2.13 bits per heavy atom. The minimum atomic E-state index is 0.413. The van der Waals surface area contributed by atoms with Crippen LogP contribution in [0.5, 0.6) is 5.75 Å². The first kappa shape index (κ1) is 11.9. The van der Waals surface area contributed by atoms with Crippen molar-refractivity contribution in [2.45, 2.75) is 6.92 Å². The minimum Gasteiger partial charge on any atom is -0.491 e. The van der Waals surface area contributed by atoms with Crippen molar-refractivity contribution in [3.05, 3.63) is 29.3 Å². The second kappa shape index (κ2) is 5.68. The van der Waals surface area contributed by atoms with E-state index in [0.717, 1.165) is 16.9 Å². The lowest BCUT2D eigenvalue weighted by atomic mass is 10.1. The molecule has 0 spiro atoms. The molecule has 2 N–H and O–H groups in total. The van der Waals surface area contributed by atoms with Crippen LogP contribution in [0.25, 0.3) is 0 Å². The second-order valence-electron chi connectivity index (χ2n) is 3.18. The van der Waals surface area contributed by atoms with Crippen molar-refractivity contribution in [1.82, 2.24) is 0 Å². The van der Waals surface area contributed by atoms with E-state index in [9.17, 15) is 0 Å². The zero-order chi connectivity index (χ0) is 11.3. The Morgan fingerprint density at radius 1 is 1.40 bits per heavy atom. The van der Waals surface area contributed by atoms with E-state index in [1.54, 1.807) is 7.11 Å². The van der Waals surface area contributed by atoms with Crippen LogP contribution in [0.3, 0.4) is 0 Å². The molecule has 0 heterocycles. The Balaban J connectivity index is 2.69. The summed E-state index contributed by atoms with van der Waals surface area (Å²) in [5.41, 5.74) is 7.48. The number of ether oxygens (including phenoxy) is 2. The van der Waals surface area contributed by atoms with E-state index < -0.39 is 0 Å². The lowest BCUT2D eigenvalue weighted by molar-refractivity contribution is 0.146. The molecule has 0 aliphatic carbocycles. The van der Waals surface area contributed by atoms with Crippen LogP contribution in [0.15, 0.2) is 18.2 Å². The summed E-state index contributed by atoms with van der Waals surface area (Å²) in [7, 11) is 1.64. The Labute approximate surface area is 95.2 Å². The van der Waals surface area contributed by atoms with E-state index in [4.69, 9.17) is 27.4 Å². The van der Waals surface area contributed by atoms with Gasteiger partial charge in [0.2, 0.25) is 0 Å². The predicted octanol–water partition coefficient (Wildman–Crippen LogP) is 1.65. The number of nitrogens with two attached hydrogens (primary N) is 1. The van der Waals surface area contributed by atoms with Crippen LogP contribution in [0.1, 0.15) is 11.1 Å². The third-order valence-electron chi connectivity index (χ3n) is 2.02. The molecule has 3 nitrogen and oxygen atoms in total. The summed E-state index contributed by atoms with van der Waals surface area (Å²) >= 11 is 4.92. The molecule has 0 saturated carbocycles. The van der Waals surface area contributed by atoms with Gasteiger partial charge < -0.3 is 15.2 Å². The summed E-state index contributed by atoms with van der Waals surface area (Å²) in [6.45, 7) is 3.08. The lowest BCUT2D eigenvalue weighted by Crippen LogP contribution is -2.11. The molecule has 0 amide bonds. The quantitative estimate of drug-likeness (QED) is 0.611. The van der Waals surface area contributed by atoms with E-state index in [0.29, 0.717) is 18.2 Å². The number of benzene rings is 1. The van der Waals surface area contributed by atoms with Crippen molar-refractivity contribution >= 4 is 17.2 Å². The van der Waals surface area contributed by atoms with Gasteiger partial charge in [-0.3, -0.25) is 0 Å². The summed E-state index contributed by atoms with van der Waals surface area (Å²) in [6.07, 6.45) is 0. The van der Waals surface area contributed by atoms with Crippen LogP contribution >= 0.6 is 12.2 Å². The Kier molecular flexibility index (Phi) is 4.52. The number of methoxy groups -OCH3 is 1. The van der Waals surface area contributed by atoms with Gasteiger partial charge in [-0.15, -0.1) is 0 Å². The fourth-order valence-electron chi connectivity index (χ4n) is 1.25. The van der Waals surface area contributed by atoms with Crippen molar-refractivity contribution < 1.29 is 9.47 Å². The molecule has 0 atom stereocenters. The first-order chi connectivity index (χ1) is 7.15. The first-order valence-electron chi connectivity index (χ1n) is 4.67. The molecular weight excluding hydrogens is 210 g/mol. The molecule has 4 heteroatoms. The molecule has 0 aliphatic heterocycles. The fourth-order valence-corrected chi connectivity index (χ4v) is 1.47. The van der Waals surface area contributed by atoms with Crippen molar-refractivity contribution in [2.75, 3.05) is 20.3 Å². The molecule has 0 saturated heterocycles. The van der Waals surface area contributed by atoms with Crippen LogP contribution in [-0.2, 0) is 4.74 Å². The zero-order valence-corrected chi connectivity index (χ0v) is 9.76. The van der Waals surface area contributed by atoms with Gasteiger partial charge in [0, 0.05) is 12.7 Å². The SMILES string of the molecule is COCCOc1ccc(C(N)=S)c(C)c1. The highest BCUT2D eigenvalue weighted by atomic mass is 32.1. The number of thiocarbonyl (C=S) groups is 1. The van der Waals surface area contributed by atoms with Crippen molar-refractivity contribution in [3.63, 3.8) is 0 Å². The predicted molar refractivity (Wildman–Crippen MR) is 64.4 cm³/mol. The van der Waals surface area contributed by atoms with Crippen molar-refractivity contribution in [1.29, 1.82) is 0 Å². The van der Waals surface area contributed by atoms with Crippen LogP contribution in [0.2, 0.25) is 0 Å². The molecule has 82 valence electrons. The maximum atomic E-state index is 5.56. The van der Waals surface area contributed by atoms with Gasteiger partial charge in [-0.2, -0.15) is 0 Å². The van der Waals surface area contributed by atoms with Gasteiger partial charge in [-0.05, 0) is 30.7 Å². The van der Waals surface area contributed by atoms with E-state index in [-0.39, 0.29) is 0 Å². The molecule has 0 radical (unpaired) electrons. The van der Waals surface area contributed by atoms with Crippen LogP contribution in [0.4, 0.5) is 0 Å². The highest BCUT2D eigenvalue weighted by Gasteiger charge is 2.02. The molecule has 0 bridgehead atoms. The Hall–Kier alpha value is -1.13. The third kappa shape index (κ3) is 3.49. The molecule has 0 aliphatic rings. The summed E-state index contributed by atoms with van der Waals surface area (Å²) in [5.74, 6) is 0.810. The van der Waals surface area contributed by atoms with Crippen molar-refractivity contribution in [3.8, 4) is 5.75 Å². The van der Waals surface area contributed by atoms with Gasteiger partial charge >= 0.3 is 0 Å². The highest BCUT2D eigenvalue weighted by molar-refractivity contribution is 7.80. The normalized spacial score (nSPS) is 10.0. The molecule has 0 aromatic heterocycles. The van der Waals surface area contributed by atoms with E-state index >= 15 is 0 Å². The average Bonchev–Trinajstić information content (AvgIpc) is 2.17. The molecular formula is C11H15NO2S. The maximum Gasteiger partial charge on any atom is 0.119 e. The van der Waals surface area contributed by atoms with E-state index in [1.807, 2.05) is 25.1 Å². The van der Waals surface area contributed by atoms with Crippen LogP contribution in [-0.4, -0.2) is 25.3 Å². The molecule has 0 unspecified atom stereocenters. The van der Waals surface area contributed by atoms with E-state index in [2.05, 4.69) is 0 Å². The summed E-state index contributed by atoms with van der Waals surface area (Å²) < 4.78 is 10.3. The summed E-state index contributed by atoms with van der Waals surface area (Å²) in [5, 5.41) is 0. The lowest BCUT2D eigenvalue weighted by Gasteiger charge is -2.08. The van der Waals surface area contributed by atoms with Gasteiger partial charge in [0.1, 0.15) is 17.3 Å². The van der Waals surface area contributed by atoms with Gasteiger partial charge in [0.05, 0.1) is 6.61 Å². The smallest absolute Gasteiger partial charge is 0.119 e. The van der Waals surface area contributed by atoms with Gasteiger partial charge in [-0.25, -0.2) is 0 Å². The zero-order valence-electron chi connectivity index (χ0n) is 8.95. The molecule has 1 rings (SSSR count). The minimum absolute atomic E-state index is 0.413. The molecule has 1 aromatic rings. The van der Waals surface area contributed by atoms with Crippen molar-refractivity contribution in [2.24, 2.45) is 5.73 Å². The first-order valence-corrected chi connectivity index (χ1v) is 5.08. The number of hydrogen-bond donors (Lipinski definition) is 1. The molecule has 0 fully saturated rings. The third-order valence-corrected chi connectivity index (χ3v) is 2.24. The summed E-state index contributed by atoms with van der Waals surface area (Å²) in [4.78, 5) is 0.413. The van der Waals surface area contributed by atoms with Gasteiger partial charge in [-0.1, -0.05) is 12.2 Å².